The van der Waals surface area contributed by atoms with Crippen LogP contribution in [0.2, 0.25) is 0 Å². The Kier molecular flexibility index (Phi) is 8.70. The van der Waals surface area contributed by atoms with Crippen molar-refractivity contribution in [3.63, 3.8) is 0 Å². The monoisotopic (exact) mass is 682 g/mol. The van der Waals surface area contributed by atoms with Crippen molar-refractivity contribution in [3.8, 4) is 10.4 Å². The van der Waals surface area contributed by atoms with Crippen molar-refractivity contribution >= 4 is 34.2 Å². The summed E-state index contributed by atoms with van der Waals surface area (Å²) in [7, 11) is 1.83. The number of hydrogen-bond acceptors (Lipinski definition) is 7. The van der Waals surface area contributed by atoms with E-state index in [2.05, 4.69) is 9.97 Å². The van der Waals surface area contributed by atoms with E-state index >= 15 is 4.39 Å². The van der Waals surface area contributed by atoms with Crippen LogP contribution in [0.15, 0.2) is 72.0 Å². The molecule has 0 radical (unpaired) electrons. The fraction of sp³-hybridized carbons (Fsp3) is 0.378. The Balaban J connectivity index is 1.06. The quantitative estimate of drug-likeness (QED) is 0.272. The van der Waals surface area contributed by atoms with Gasteiger partial charge in [-0.1, -0.05) is 36.4 Å². The van der Waals surface area contributed by atoms with Gasteiger partial charge in [0.15, 0.2) is 0 Å². The summed E-state index contributed by atoms with van der Waals surface area (Å²) < 4.78 is 18.8. The summed E-state index contributed by atoms with van der Waals surface area (Å²) >= 11 is 1.14. The zero-order valence-electron chi connectivity index (χ0n) is 27.8. The molecule has 2 aliphatic heterocycles. The summed E-state index contributed by atoms with van der Waals surface area (Å²) in [4.78, 5) is 54.1. The fourth-order valence-electron chi connectivity index (χ4n) is 7.27. The summed E-state index contributed by atoms with van der Waals surface area (Å²) in [5, 5.41) is 12.0. The molecular formula is C37H39FN6O4S. The number of piperidine rings is 2. The number of thiophene rings is 1. The standard InChI is InChI=1S/C37H39FN6O4S/c1-23-9-10-26(19-39-23)31-24(2)30(38)32(49-31)36(47)43-16-12-27(29(20-43)25-7-5-4-6-8-25)34(45)42-17-13-37(48,14-18-42)21-44-22-40-33-28(35(44)46)11-15-41(33)3/h4-11,15,19,22,27,29,48H,12-14,16-18,20-21H2,1-3H3/t27-,29+/m1/s1. The Bertz CT molecular complexity index is 2080. The molecule has 0 saturated carbocycles. The lowest BCUT2D eigenvalue weighted by atomic mass is 9.79. The molecule has 5 aromatic rings. The number of likely N-dealkylation sites (tertiary alicyclic amines) is 2. The van der Waals surface area contributed by atoms with E-state index in [0.717, 1.165) is 28.2 Å². The smallest absolute Gasteiger partial charge is 0.266 e. The van der Waals surface area contributed by atoms with Gasteiger partial charge in [0.1, 0.15) is 22.7 Å². The lowest BCUT2D eigenvalue weighted by molar-refractivity contribution is -0.142. The van der Waals surface area contributed by atoms with Crippen molar-refractivity contribution in [1.29, 1.82) is 0 Å². The zero-order chi connectivity index (χ0) is 34.4. The van der Waals surface area contributed by atoms with Crippen LogP contribution in [0.3, 0.4) is 0 Å². The molecule has 12 heteroatoms. The minimum Gasteiger partial charge on any atom is -0.388 e. The van der Waals surface area contributed by atoms with Gasteiger partial charge in [0.2, 0.25) is 5.91 Å². The number of aromatic nitrogens is 4. The number of pyridine rings is 1. The number of aliphatic hydroxyl groups is 1. The number of halogens is 1. The van der Waals surface area contributed by atoms with Gasteiger partial charge in [-0.15, -0.1) is 11.3 Å². The summed E-state index contributed by atoms with van der Waals surface area (Å²) in [6, 6.07) is 15.2. The van der Waals surface area contributed by atoms with Crippen LogP contribution in [0.4, 0.5) is 4.39 Å². The van der Waals surface area contributed by atoms with Crippen LogP contribution >= 0.6 is 11.3 Å². The second kappa shape index (κ2) is 13.0. The fourth-order valence-corrected chi connectivity index (χ4v) is 8.41. The Morgan fingerprint density at radius 1 is 1.02 bits per heavy atom. The third kappa shape index (κ3) is 6.19. The van der Waals surface area contributed by atoms with Gasteiger partial charge in [-0.2, -0.15) is 0 Å². The number of hydrogen-bond donors (Lipinski definition) is 1. The van der Waals surface area contributed by atoms with Crippen LogP contribution < -0.4 is 5.56 Å². The highest BCUT2D eigenvalue weighted by Crippen LogP contribution is 2.39. The van der Waals surface area contributed by atoms with Gasteiger partial charge in [-0.05, 0) is 50.8 Å². The van der Waals surface area contributed by atoms with Crippen LogP contribution in [0.1, 0.15) is 51.7 Å². The van der Waals surface area contributed by atoms with Crippen molar-refractivity contribution in [2.45, 2.75) is 51.2 Å². The second-order valence-electron chi connectivity index (χ2n) is 13.4. The van der Waals surface area contributed by atoms with Gasteiger partial charge >= 0.3 is 0 Å². The first-order valence-corrected chi connectivity index (χ1v) is 17.4. The Morgan fingerprint density at radius 2 is 1.78 bits per heavy atom. The lowest BCUT2D eigenvalue weighted by Gasteiger charge is -2.43. The molecular weight excluding hydrogens is 644 g/mol. The summed E-state index contributed by atoms with van der Waals surface area (Å²) in [6.07, 6.45) is 6.04. The third-order valence-corrected chi connectivity index (χ3v) is 11.5. The molecule has 6 heterocycles. The first-order valence-electron chi connectivity index (χ1n) is 16.6. The molecule has 10 nitrogen and oxygen atoms in total. The molecule has 2 atom stereocenters. The van der Waals surface area contributed by atoms with Crippen molar-refractivity contribution in [2.75, 3.05) is 26.2 Å². The number of aryl methyl sites for hydroxylation is 2. The number of amides is 2. The predicted octanol–water partition coefficient (Wildman–Crippen LogP) is 4.91. The zero-order valence-corrected chi connectivity index (χ0v) is 28.6. The summed E-state index contributed by atoms with van der Waals surface area (Å²) in [6.45, 7) is 4.98. The van der Waals surface area contributed by atoms with Crippen LogP contribution in [0.5, 0.6) is 0 Å². The van der Waals surface area contributed by atoms with Gasteiger partial charge in [-0.3, -0.25) is 23.9 Å². The van der Waals surface area contributed by atoms with Crippen molar-refractivity contribution < 1.29 is 19.1 Å². The summed E-state index contributed by atoms with van der Waals surface area (Å²) in [5.41, 5.74) is 2.23. The molecule has 0 spiro atoms. The van der Waals surface area contributed by atoms with Crippen molar-refractivity contribution in [3.05, 3.63) is 105 Å². The molecule has 7 rings (SSSR count). The first kappa shape index (κ1) is 32.8. The van der Waals surface area contributed by atoms with Crippen LogP contribution in [-0.2, 0) is 18.4 Å². The maximum Gasteiger partial charge on any atom is 0.266 e. The topological polar surface area (TPSA) is 114 Å². The summed E-state index contributed by atoms with van der Waals surface area (Å²) in [5.74, 6) is -1.55. The molecule has 0 unspecified atom stereocenters. The van der Waals surface area contributed by atoms with Crippen molar-refractivity contribution in [1.82, 2.24) is 28.9 Å². The highest BCUT2D eigenvalue weighted by molar-refractivity contribution is 7.17. The van der Waals surface area contributed by atoms with Crippen molar-refractivity contribution in [2.24, 2.45) is 13.0 Å². The number of carbonyl (C=O) groups excluding carboxylic acids is 2. The Hall–Kier alpha value is -4.68. The molecule has 1 aromatic carbocycles. The number of fused-ring (bicyclic) bond motifs is 1. The average molecular weight is 683 g/mol. The Labute approximate surface area is 287 Å². The van der Waals surface area contributed by atoms with Gasteiger partial charge in [0.25, 0.3) is 11.5 Å². The maximum absolute atomic E-state index is 15.6. The van der Waals surface area contributed by atoms with E-state index in [1.165, 1.54) is 10.9 Å². The number of benzene rings is 1. The number of carbonyl (C=O) groups is 2. The van der Waals surface area contributed by atoms with E-state index in [9.17, 15) is 19.5 Å². The molecule has 2 amide bonds. The van der Waals surface area contributed by atoms with Crippen LogP contribution in [0, 0.1) is 25.6 Å². The van der Waals surface area contributed by atoms with Gasteiger partial charge in [0.05, 0.1) is 17.5 Å². The first-order chi connectivity index (χ1) is 23.5. The van der Waals surface area contributed by atoms with Crippen LogP contribution in [0.25, 0.3) is 21.5 Å². The third-order valence-electron chi connectivity index (χ3n) is 10.2. The average Bonchev–Trinajstić information content (AvgIpc) is 3.64. The SMILES string of the molecule is Cc1ccc(-c2sc(C(=O)N3CC[C@@H](C(=O)N4CCC(O)(Cn5cnc6c(ccn6C)c5=O)CC4)[C@H](c4ccccc4)C3)c(F)c2C)cn1. The van der Waals surface area contributed by atoms with Gasteiger partial charge < -0.3 is 19.5 Å². The van der Waals surface area contributed by atoms with E-state index in [1.807, 2.05) is 56.4 Å². The minimum absolute atomic E-state index is 0.0140. The minimum atomic E-state index is -1.16. The molecule has 0 bridgehead atoms. The second-order valence-corrected chi connectivity index (χ2v) is 14.5. The number of rotatable bonds is 6. The molecule has 49 heavy (non-hydrogen) atoms. The molecule has 2 aliphatic rings. The van der Waals surface area contributed by atoms with Gasteiger partial charge in [0, 0.05) is 79.2 Å². The Morgan fingerprint density at radius 3 is 2.49 bits per heavy atom. The van der Waals surface area contributed by atoms with Crippen LogP contribution in [-0.4, -0.2) is 77.6 Å². The normalized spacial score (nSPS) is 19.4. The number of nitrogens with zero attached hydrogens (tertiary/aromatic N) is 6. The largest absolute Gasteiger partial charge is 0.388 e. The maximum atomic E-state index is 15.6. The molecule has 4 aromatic heterocycles. The van der Waals surface area contributed by atoms with E-state index in [1.54, 1.807) is 39.8 Å². The van der Waals surface area contributed by atoms with E-state index in [0.29, 0.717) is 60.4 Å². The molecule has 2 saturated heterocycles. The van der Waals surface area contributed by atoms with Gasteiger partial charge in [-0.25, -0.2) is 9.37 Å². The molecule has 0 aliphatic carbocycles. The lowest BCUT2D eigenvalue weighted by Crippen LogP contribution is -2.53. The van der Waals surface area contributed by atoms with E-state index in [-0.39, 0.29) is 47.2 Å². The predicted molar refractivity (Wildman–Crippen MR) is 186 cm³/mol. The highest BCUT2D eigenvalue weighted by atomic mass is 32.1. The van der Waals surface area contributed by atoms with E-state index < -0.39 is 11.4 Å². The molecule has 2 fully saturated rings. The molecule has 254 valence electrons. The molecule has 1 N–H and O–H groups in total. The van der Waals surface area contributed by atoms with E-state index in [4.69, 9.17) is 0 Å². The highest BCUT2D eigenvalue weighted by Gasteiger charge is 2.42.